The number of hydrogen-bond donors (Lipinski definition) is 3. The summed E-state index contributed by atoms with van der Waals surface area (Å²) in [5, 5.41) is 9.13. The van der Waals surface area contributed by atoms with Crippen molar-refractivity contribution in [2.45, 2.75) is 18.7 Å². The molecular weight excluding hydrogens is 292 g/mol. The number of anilines is 1. The Balaban J connectivity index is 0.000000211. The summed E-state index contributed by atoms with van der Waals surface area (Å²) in [6.45, 7) is 3.78. The van der Waals surface area contributed by atoms with Gasteiger partial charge in [0.15, 0.2) is 0 Å². The maximum absolute atomic E-state index is 10.4. The van der Waals surface area contributed by atoms with Crippen molar-refractivity contribution in [1.82, 2.24) is 0 Å². The van der Waals surface area contributed by atoms with Crippen LogP contribution in [-0.4, -0.2) is 18.1 Å². The zero-order valence-electron chi connectivity index (χ0n) is 11.8. The minimum Gasteiger partial charge on any atom is -0.744 e. The fraction of sp³-hybridized carbons (Fsp3) is 0.143. The van der Waals surface area contributed by atoms with Gasteiger partial charge in [-0.3, -0.25) is 5.84 Å². The fourth-order valence-electron chi connectivity index (χ4n) is 1.50. The lowest BCUT2D eigenvalue weighted by Gasteiger charge is -2.05. The van der Waals surface area contributed by atoms with Gasteiger partial charge >= 0.3 is 0 Å². The van der Waals surface area contributed by atoms with Crippen LogP contribution in [0.3, 0.4) is 0 Å². The first-order chi connectivity index (χ1) is 9.74. The molecule has 0 aliphatic rings. The van der Waals surface area contributed by atoms with Crippen LogP contribution in [0, 0.1) is 13.8 Å². The van der Waals surface area contributed by atoms with Crippen LogP contribution in [0.1, 0.15) is 11.1 Å². The summed E-state index contributed by atoms with van der Waals surface area (Å²) in [6.07, 6.45) is 0. The summed E-state index contributed by atoms with van der Waals surface area (Å²) in [5.41, 5.74) is 5.33. The van der Waals surface area contributed by atoms with E-state index in [1.807, 2.05) is 26.0 Å². The molecule has 0 saturated heterocycles. The van der Waals surface area contributed by atoms with Crippen molar-refractivity contribution in [3.63, 3.8) is 0 Å². The third kappa shape index (κ3) is 5.42. The molecule has 0 spiro atoms. The highest BCUT2D eigenvalue weighted by molar-refractivity contribution is 7.85. The molecule has 0 atom stereocenters. The molecule has 0 aromatic heterocycles. The van der Waals surface area contributed by atoms with Crippen LogP contribution in [-0.2, 0) is 10.1 Å². The molecule has 5 N–H and O–H groups in total. The largest absolute Gasteiger partial charge is 0.744 e. The van der Waals surface area contributed by atoms with Crippen LogP contribution in [0.15, 0.2) is 47.4 Å². The summed E-state index contributed by atoms with van der Waals surface area (Å²) in [5.74, 6) is 3.68. The zero-order chi connectivity index (χ0) is 16.0. The van der Waals surface area contributed by atoms with E-state index in [2.05, 4.69) is 11.3 Å². The van der Waals surface area contributed by atoms with E-state index in [0.717, 1.165) is 11.1 Å². The predicted molar refractivity (Wildman–Crippen MR) is 78.5 cm³/mol. The molecule has 2 aromatic rings. The molecular formula is C14H18N2O4S. The second kappa shape index (κ2) is 7.07. The van der Waals surface area contributed by atoms with E-state index in [4.69, 9.17) is 5.11 Å². The molecule has 0 aliphatic carbocycles. The van der Waals surface area contributed by atoms with E-state index in [0.29, 0.717) is 5.69 Å². The Hall–Kier alpha value is -2.09. The van der Waals surface area contributed by atoms with Gasteiger partial charge in [0, 0.05) is 0 Å². The third-order valence-corrected chi connectivity index (χ3v) is 3.50. The lowest BCUT2D eigenvalue weighted by molar-refractivity contribution is -0.325. The van der Waals surface area contributed by atoms with E-state index in [1.54, 1.807) is 18.2 Å². The quantitative estimate of drug-likeness (QED) is 0.437. The van der Waals surface area contributed by atoms with E-state index in [1.165, 1.54) is 12.1 Å². The lowest BCUT2D eigenvalue weighted by Crippen LogP contribution is -2.56. The first-order valence-electron chi connectivity index (χ1n) is 6.09. The van der Waals surface area contributed by atoms with Gasteiger partial charge in [-0.2, -0.15) is 0 Å². The fourth-order valence-corrected chi connectivity index (χ4v) is 1.97. The second-order valence-corrected chi connectivity index (χ2v) is 5.84. The zero-order valence-corrected chi connectivity index (χ0v) is 12.6. The number of aromatic hydroxyl groups is 1. The van der Waals surface area contributed by atoms with Crippen molar-refractivity contribution >= 4 is 15.8 Å². The highest BCUT2D eigenvalue weighted by Gasteiger charge is 1.98. The lowest BCUT2D eigenvalue weighted by atomic mass is 10.2. The molecule has 114 valence electrons. The average molecular weight is 310 g/mol. The van der Waals surface area contributed by atoms with E-state index in [9.17, 15) is 13.0 Å². The number of rotatable bonds is 2. The Morgan fingerprint density at radius 1 is 1.05 bits per heavy atom. The Labute approximate surface area is 124 Å². The monoisotopic (exact) mass is 310 g/mol. The summed E-state index contributed by atoms with van der Waals surface area (Å²) >= 11 is 0. The molecule has 0 amide bonds. The van der Waals surface area contributed by atoms with Crippen LogP contribution in [0.5, 0.6) is 5.75 Å². The highest BCUT2D eigenvalue weighted by Crippen LogP contribution is 2.21. The number of quaternary nitrogens is 1. The van der Waals surface area contributed by atoms with E-state index < -0.39 is 10.1 Å². The molecule has 0 radical (unpaired) electrons. The van der Waals surface area contributed by atoms with Crippen LogP contribution >= 0.6 is 0 Å². The number of phenols is 1. The van der Waals surface area contributed by atoms with Crippen LogP contribution in [0.2, 0.25) is 0 Å². The molecule has 0 aliphatic heterocycles. The molecule has 2 aromatic carbocycles. The highest BCUT2D eigenvalue weighted by atomic mass is 32.2. The van der Waals surface area contributed by atoms with Crippen molar-refractivity contribution in [2.75, 3.05) is 5.43 Å². The molecule has 0 heterocycles. The Morgan fingerprint density at radius 2 is 1.57 bits per heavy atom. The number of nitrogens with one attached hydrogen (secondary N) is 1. The van der Waals surface area contributed by atoms with Crippen LogP contribution in [0.4, 0.5) is 5.69 Å². The van der Waals surface area contributed by atoms with Crippen LogP contribution < -0.4 is 11.3 Å². The molecule has 0 unspecified atom stereocenters. The van der Waals surface area contributed by atoms with Crippen molar-refractivity contribution < 1.29 is 23.9 Å². The topological polar surface area (TPSA) is 117 Å². The Morgan fingerprint density at radius 3 is 2.00 bits per heavy atom. The SMILES string of the molecule is Cc1ccc(O)c(N[NH3+])c1.Cc1ccc(S(=O)(=O)[O-])cc1. The number of aryl methyl sites for hydroxylation is 2. The number of benzene rings is 2. The van der Waals surface area contributed by atoms with Gasteiger partial charge in [0.05, 0.1) is 4.90 Å². The summed E-state index contributed by atoms with van der Waals surface area (Å²) < 4.78 is 31.2. The summed E-state index contributed by atoms with van der Waals surface area (Å²) in [4.78, 5) is -0.178. The minimum atomic E-state index is -4.27. The second-order valence-electron chi connectivity index (χ2n) is 4.46. The van der Waals surface area contributed by atoms with Gasteiger partial charge < -0.3 is 9.66 Å². The first kappa shape index (κ1) is 17.0. The number of hydrogen-bond acceptors (Lipinski definition) is 5. The van der Waals surface area contributed by atoms with Gasteiger partial charge in [-0.05, 0) is 43.7 Å². The number of phenolic OH excluding ortho intramolecular Hbond substituents is 1. The standard InChI is InChI=1S/C7H10N2O.C7H8O3S/c1-5-2-3-7(10)6(4-5)9-8;1-6-2-4-7(5-3-6)11(8,9)10/h2-4,9-10H,8H2,1H3;2-5H,1H3,(H,8,9,10). The molecule has 0 fully saturated rings. The van der Waals surface area contributed by atoms with Gasteiger partial charge in [-0.25, -0.2) is 13.8 Å². The van der Waals surface area contributed by atoms with Crippen LogP contribution in [0.25, 0.3) is 0 Å². The smallest absolute Gasteiger partial charge is 0.143 e. The van der Waals surface area contributed by atoms with Gasteiger partial charge in [0.25, 0.3) is 0 Å². The summed E-state index contributed by atoms with van der Waals surface area (Å²) in [7, 11) is -4.27. The molecule has 7 heteroatoms. The molecule has 0 saturated carbocycles. The van der Waals surface area contributed by atoms with Crippen molar-refractivity contribution in [3.8, 4) is 5.75 Å². The maximum atomic E-state index is 10.4. The Kier molecular flexibility index (Phi) is 5.71. The van der Waals surface area contributed by atoms with Gasteiger partial charge in [0.2, 0.25) is 0 Å². The molecule has 2 rings (SSSR count). The van der Waals surface area contributed by atoms with Crippen molar-refractivity contribution in [2.24, 2.45) is 0 Å². The molecule has 0 bridgehead atoms. The predicted octanol–water partition coefficient (Wildman–Crippen LogP) is 1.17. The van der Waals surface area contributed by atoms with Crippen molar-refractivity contribution in [1.29, 1.82) is 0 Å². The van der Waals surface area contributed by atoms with Gasteiger partial charge in [0.1, 0.15) is 21.6 Å². The average Bonchev–Trinajstić information content (AvgIpc) is 2.41. The molecule has 21 heavy (non-hydrogen) atoms. The van der Waals surface area contributed by atoms with Crippen molar-refractivity contribution in [3.05, 3.63) is 53.6 Å². The molecule has 6 nitrogen and oxygen atoms in total. The summed E-state index contributed by atoms with van der Waals surface area (Å²) in [6, 6.07) is 11.1. The van der Waals surface area contributed by atoms with Gasteiger partial charge in [-0.1, -0.05) is 23.8 Å². The van der Waals surface area contributed by atoms with E-state index in [-0.39, 0.29) is 10.6 Å². The normalized spacial score (nSPS) is 10.5. The first-order valence-corrected chi connectivity index (χ1v) is 7.50. The Bertz CT molecular complexity index is 697. The maximum Gasteiger partial charge on any atom is 0.143 e. The van der Waals surface area contributed by atoms with E-state index >= 15 is 0 Å². The minimum absolute atomic E-state index is 0.178. The van der Waals surface area contributed by atoms with Gasteiger partial charge in [-0.15, -0.1) is 0 Å². The third-order valence-electron chi connectivity index (χ3n) is 2.65.